The normalized spacial score (nSPS) is 25.8. The molecule has 1 rings (SSSR count). The van der Waals surface area contributed by atoms with Crippen LogP contribution in [0, 0.1) is 11.8 Å². The Labute approximate surface area is 124 Å². The summed E-state index contributed by atoms with van der Waals surface area (Å²) in [6, 6.07) is 0. The van der Waals surface area contributed by atoms with E-state index < -0.39 is 16.5 Å². The summed E-state index contributed by atoms with van der Waals surface area (Å²) in [4.78, 5) is 22.5. The van der Waals surface area contributed by atoms with Crippen LogP contribution < -0.4 is 0 Å². The van der Waals surface area contributed by atoms with Crippen LogP contribution in [0.15, 0.2) is 0 Å². The number of hydrogen-bond acceptors (Lipinski definition) is 5. The van der Waals surface area contributed by atoms with E-state index in [2.05, 4.69) is 0 Å². The maximum Gasteiger partial charge on any atom is 0.318 e. The van der Waals surface area contributed by atoms with E-state index in [0.29, 0.717) is 18.4 Å². The van der Waals surface area contributed by atoms with Crippen molar-refractivity contribution < 1.29 is 24.5 Å². The molecule has 0 radical (unpaired) electrons. The summed E-state index contributed by atoms with van der Waals surface area (Å²) in [6.07, 6.45) is 3.93. The lowest BCUT2D eigenvalue weighted by atomic mass is 9.83. The van der Waals surface area contributed by atoms with Crippen LogP contribution in [-0.2, 0) is 14.3 Å². The third-order valence-corrected chi connectivity index (χ3v) is 4.98. The molecule has 6 heteroatoms. The van der Waals surface area contributed by atoms with Crippen molar-refractivity contribution in [2.45, 2.75) is 50.0 Å². The number of aliphatic hydroxyl groups is 1. The first-order valence-electron chi connectivity index (χ1n) is 7.09. The number of carbonyl (C=O) groups is 2. The van der Waals surface area contributed by atoms with Crippen molar-refractivity contribution in [2.24, 2.45) is 11.8 Å². The van der Waals surface area contributed by atoms with Crippen LogP contribution in [0.3, 0.4) is 0 Å². The van der Waals surface area contributed by atoms with Gasteiger partial charge in [0.15, 0.2) is 0 Å². The summed E-state index contributed by atoms with van der Waals surface area (Å²) in [5.41, 5.74) is 0. The second-order valence-corrected chi connectivity index (χ2v) is 7.14. The van der Waals surface area contributed by atoms with Gasteiger partial charge < -0.3 is 14.9 Å². The van der Waals surface area contributed by atoms with E-state index in [4.69, 9.17) is 14.9 Å². The standard InChI is InChI=1S/C14H24O5S/c1-9(13(16)17)20-10(2)14(18)19-8-12-5-3-11(7-15)4-6-12/h9-12,15H,3-8H2,1-2H3,(H,16,17). The van der Waals surface area contributed by atoms with Gasteiger partial charge in [-0.25, -0.2) is 0 Å². The Morgan fingerprint density at radius 2 is 1.70 bits per heavy atom. The molecule has 2 atom stereocenters. The van der Waals surface area contributed by atoms with Crippen LogP contribution in [0.1, 0.15) is 39.5 Å². The summed E-state index contributed by atoms with van der Waals surface area (Å²) in [5.74, 6) is -0.493. The Kier molecular flexibility index (Phi) is 7.37. The fraction of sp³-hybridized carbons (Fsp3) is 0.857. The Morgan fingerprint density at radius 1 is 1.15 bits per heavy atom. The molecule has 0 bridgehead atoms. The molecule has 2 unspecified atom stereocenters. The number of carbonyl (C=O) groups excluding carboxylic acids is 1. The van der Waals surface area contributed by atoms with Crippen molar-refractivity contribution in [3.8, 4) is 0 Å². The van der Waals surface area contributed by atoms with Gasteiger partial charge in [-0.05, 0) is 51.4 Å². The van der Waals surface area contributed by atoms with Crippen molar-refractivity contribution in [2.75, 3.05) is 13.2 Å². The molecule has 116 valence electrons. The molecule has 20 heavy (non-hydrogen) atoms. The summed E-state index contributed by atoms with van der Waals surface area (Å²) in [6.45, 7) is 3.89. The van der Waals surface area contributed by atoms with Gasteiger partial charge in [0.2, 0.25) is 0 Å². The van der Waals surface area contributed by atoms with Gasteiger partial charge in [0.1, 0.15) is 10.5 Å². The number of carboxylic acids is 1. The van der Waals surface area contributed by atoms with Crippen molar-refractivity contribution >= 4 is 23.7 Å². The lowest BCUT2D eigenvalue weighted by Crippen LogP contribution is -2.26. The zero-order chi connectivity index (χ0) is 15.1. The molecule has 0 saturated heterocycles. The topological polar surface area (TPSA) is 83.8 Å². The lowest BCUT2D eigenvalue weighted by Gasteiger charge is -2.27. The highest BCUT2D eigenvalue weighted by Crippen LogP contribution is 2.29. The van der Waals surface area contributed by atoms with Gasteiger partial charge in [-0.15, -0.1) is 11.8 Å². The van der Waals surface area contributed by atoms with Crippen molar-refractivity contribution in [1.29, 1.82) is 0 Å². The molecule has 0 aliphatic heterocycles. The first-order valence-corrected chi connectivity index (χ1v) is 8.04. The monoisotopic (exact) mass is 304 g/mol. The van der Waals surface area contributed by atoms with E-state index in [1.54, 1.807) is 13.8 Å². The van der Waals surface area contributed by atoms with Crippen LogP contribution in [0.4, 0.5) is 0 Å². The fourth-order valence-corrected chi connectivity index (χ4v) is 3.23. The molecular weight excluding hydrogens is 280 g/mol. The summed E-state index contributed by atoms with van der Waals surface area (Å²) in [5, 5.41) is 16.8. The maximum absolute atomic E-state index is 11.8. The lowest BCUT2D eigenvalue weighted by molar-refractivity contribution is -0.144. The van der Waals surface area contributed by atoms with E-state index in [0.717, 1.165) is 37.4 Å². The predicted octanol–water partition coefficient (Wildman–Crippen LogP) is 1.92. The average molecular weight is 304 g/mol. The summed E-state index contributed by atoms with van der Waals surface area (Å²) >= 11 is 1.10. The van der Waals surface area contributed by atoms with Crippen molar-refractivity contribution in [3.63, 3.8) is 0 Å². The van der Waals surface area contributed by atoms with Crippen molar-refractivity contribution in [3.05, 3.63) is 0 Å². The van der Waals surface area contributed by atoms with Crippen molar-refractivity contribution in [1.82, 2.24) is 0 Å². The number of carboxylic acid groups (broad SMARTS) is 1. The minimum Gasteiger partial charge on any atom is -0.480 e. The van der Waals surface area contributed by atoms with E-state index in [1.165, 1.54) is 0 Å². The molecular formula is C14H24O5S. The number of ether oxygens (including phenoxy) is 1. The SMILES string of the molecule is CC(SC(C)C(=O)OCC1CCC(CO)CC1)C(=O)O. The second kappa shape index (κ2) is 8.52. The second-order valence-electron chi connectivity index (χ2n) is 5.46. The van der Waals surface area contributed by atoms with E-state index in [1.807, 2.05) is 0 Å². The van der Waals surface area contributed by atoms with Gasteiger partial charge in [0.25, 0.3) is 0 Å². The highest BCUT2D eigenvalue weighted by atomic mass is 32.2. The largest absolute Gasteiger partial charge is 0.480 e. The molecule has 1 fully saturated rings. The molecule has 1 aliphatic carbocycles. The highest BCUT2D eigenvalue weighted by Gasteiger charge is 2.25. The Hall–Kier alpha value is -0.750. The molecule has 0 spiro atoms. The van der Waals surface area contributed by atoms with Gasteiger partial charge in [0, 0.05) is 6.61 Å². The van der Waals surface area contributed by atoms with Gasteiger partial charge in [-0.3, -0.25) is 9.59 Å². The van der Waals surface area contributed by atoms with Gasteiger partial charge in [0.05, 0.1) is 6.61 Å². The Morgan fingerprint density at radius 3 is 2.20 bits per heavy atom. The average Bonchev–Trinajstić information content (AvgIpc) is 2.44. The minimum absolute atomic E-state index is 0.243. The summed E-state index contributed by atoms with van der Waals surface area (Å²) in [7, 11) is 0. The maximum atomic E-state index is 11.8. The van der Waals surface area contributed by atoms with E-state index in [-0.39, 0.29) is 12.6 Å². The molecule has 0 heterocycles. The zero-order valence-electron chi connectivity index (χ0n) is 12.1. The number of esters is 1. The Balaban J connectivity index is 2.24. The zero-order valence-corrected chi connectivity index (χ0v) is 12.9. The van der Waals surface area contributed by atoms with Crippen LogP contribution in [0.2, 0.25) is 0 Å². The summed E-state index contributed by atoms with van der Waals surface area (Å²) < 4.78 is 5.28. The van der Waals surface area contributed by atoms with E-state index in [9.17, 15) is 9.59 Å². The number of rotatable bonds is 7. The van der Waals surface area contributed by atoms with Crippen LogP contribution in [0.5, 0.6) is 0 Å². The molecule has 0 aromatic heterocycles. The van der Waals surface area contributed by atoms with E-state index >= 15 is 0 Å². The highest BCUT2D eigenvalue weighted by molar-refractivity contribution is 8.01. The first-order chi connectivity index (χ1) is 9.43. The molecule has 5 nitrogen and oxygen atoms in total. The third-order valence-electron chi connectivity index (χ3n) is 3.77. The first kappa shape index (κ1) is 17.3. The number of thioether (sulfide) groups is 1. The minimum atomic E-state index is -0.919. The molecule has 0 aromatic carbocycles. The Bertz CT molecular complexity index is 326. The molecule has 0 amide bonds. The molecule has 1 aliphatic rings. The third kappa shape index (κ3) is 5.71. The molecule has 0 aromatic rings. The van der Waals surface area contributed by atoms with Gasteiger partial charge >= 0.3 is 11.9 Å². The predicted molar refractivity (Wildman–Crippen MR) is 77.6 cm³/mol. The van der Waals surface area contributed by atoms with Crippen LogP contribution in [-0.4, -0.2) is 45.9 Å². The van der Waals surface area contributed by atoms with Crippen LogP contribution in [0.25, 0.3) is 0 Å². The molecule has 1 saturated carbocycles. The quantitative estimate of drug-likeness (QED) is 0.699. The number of hydrogen-bond donors (Lipinski definition) is 2. The molecule has 2 N–H and O–H groups in total. The smallest absolute Gasteiger partial charge is 0.318 e. The number of aliphatic hydroxyl groups excluding tert-OH is 1. The number of aliphatic carboxylic acids is 1. The van der Waals surface area contributed by atoms with Gasteiger partial charge in [-0.2, -0.15) is 0 Å². The van der Waals surface area contributed by atoms with Crippen LogP contribution >= 0.6 is 11.8 Å². The van der Waals surface area contributed by atoms with Gasteiger partial charge in [-0.1, -0.05) is 0 Å². The fourth-order valence-electron chi connectivity index (χ4n) is 2.32.